The summed E-state index contributed by atoms with van der Waals surface area (Å²) in [5, 5.41) is 0. The van der Waals surface area contributed by atoms with Crippen LogP contribution in [0.1, 0.15) is 239 Å². The highest BCUT2D eigenvalue weighted by molar-refractivity contribution is 7.89. The number of guanidine groups is 1. The first-order chi connectivity index (χ1) is 28.6. The molecule has 0 aliphatic rings. The van der Waals surface area contributed by atoms with Crippen LogP contribution in [0.25, 0.3) is 0 Å². The standard InChI is InChI=1S/C49H100N4O5S/c1-7-10-13-16-20-28-35-45-57-46-36-29-21-19-26-33-42-53(44-37-41-50-49(52(4)5)51-59(6,55)56)43-34-27-22-25-32-40-48(54)58-47(38-30-23-17-14-11-8-2)39-31-24-18-15-12-9-3/h47H,7-46H2,1-6H3,(H,50,51). The van der Waals surface area contributed by atoms with Gasteiger partial charge in [-0.1, -0.05) is 168 Å². The topological polar surface area (TPSA) is 101 Å². The van der Waals surface area contributed by atoms with Gasteiger partial charge in [0.15, 0.2) is 0 Å². The monoisotopic (exact) mass is 857 g/mol. The van der Waals surface area contributed by atoms with E-state index in [2.05, 4.69) is 35.4 Å². The van der Waals surface area contributed by atoms with Crippen molar-refractivity contribution in [2.75, 3.05) is 59.7 Å². The van der Waals surface area contributed by atoms with Crippen LogP contribution in [0.3, 0.4) is 0 Å². The number of nitrogens with zero attached hydrogens (tertiary/aromatic N) is 3. The fourth-order valence-corrected chi connectivity index (χ4v) is 8.28. The van der Waals surface area contributed by atoms with Gasteiger partial charge < -0.3 is 19.3 Å². The molecule has 0 saturated heterocycles. The number of carbonyl (C=O) groups excluding carboxylic acids is 1. The lowest BCUT2D eigenvalue weighted by molar-refractivity contribution is -0.150. The molecule has 0 unspecified atom stereocenters. The quantitative estimate of drug-likeness (QED) is 0.0282. The summed E-state index contributed by atoms with van der Waals surface area (Å²) in [4.78, 5) is 21.7. The van der Waals surface area contributed by atoms with Gasteiger partial charge in [-0.25, -0.2) is 8.42 Å². The van der Waals surface area contributed by atoms with Gasteiger partial charge in [-0.05, 0) is 83.8 Å². The molecule has 352 valence electrons. The number of hydrogen-bond acceptors (Lipinski definition) is 7. The molecule has 0 rings (SSSR count). The predicted octanol–water partition coefficient (Wildman–Crippen LogP) is 13.0. The number of ether oxygens (including phenoxy) is 2. The lowest BCUT2D eigenvalue weighted by atomic mass is 10.0. The third-order valence-corrected chi connectivity index (χ3v) is 12.0. The van der Waals surface area contributed by atoms with Gasteiger partial charge in [-0.15, -0.1) is 0 Å². The number of nitrogens with one attached hydrogen (secondary N) is 1. The van der Waals surface area contributed by atoms with Crippen LogP contribution in [0.2, 0.25) is 0 Å². The van der Waals surface area contributed by atoms with Gasteiger partial charge in [0.25, 0.3) is 0 Å². The first-order valence-electron chi connectivity index (χ1n) is 25.3. The Balaban J connectivity index is 4.57. The van der Waals surface area contributed by atoms with Gasteiger partial charge in [-0.3, -0.25) is 14.5 Å². The molecular weight excluding hydrogens is 757 g/mol. The average molecular weight is 857 g/mol. The minimum Gasteiger partial charge on any atom is -0.462 e. The maximum atomic E-state index is 12.9. The van der Waals surface area contributed by atoms with Crippen molar-refractivity contribution in [1.29, 1.82) is 0 Å². The van der Waals surface area contributed by atoms with Crippen LogP contribution >= 0.6 is 0 Å². The van der Waals surface area contributed by atoms with Crippen LogP contribution in [0.4, 0.5) is 0 Å². The summed E-state index contributed by atoms with van der Waals surface area (Å²) < 4.78 is 38.1. The molecule has 10 heteroatoms. The number of unbranched alkanes of at least 4 members (excludes halogenated alkanes) is 25. The Morgan fingerprint density at radius 1 is 0.542 bits per heavy atom. The van der Waals surface area contributed by atoms with Crippen LogP contribution in [0.15, 0.2) is 4.99 Å². The summed E-state index contributed by atoms with van der Waals surface area (Å²) in [6.45, 7) is 12.3. The Bertz CT molecular complexity index is 1030. The molecule has 0 aromatic carbocycles. The van der Waals surface area contributed by atoms with Crippen molar-refractivity contribution in [3.8, 4) is 0 Å². The van der Waals surface area contributed by atoms with Crippen molar-refractivity contribution < 1.29 is 22.7 Å². The van der Waals surface area contributed by atoms with Crippen molar-refractivity contribution in [2.45, 2.75) is 245 Å². The third-order valence-electron chi connectivity index (χ3n) is 11.4. The van der Waals surface area contributed by atoms with Crippen LogP contribution in [0, 0.1) is 0 Å². The molecule has 0 aromatic rings. The third kappa shape index (κ3) is 43.1. The predicted molar refractivity (Wildman–Crippen MR) is 255 cm³/mol. The van der Waals surface area contributed by atoms with Gasteiger partial charge in [0.1, 0.15) is 6.10 Å². The summed E-state index contributed by atoms with van der Waals surface area (Å²) in [7, 11) is 0.247. The van der Waals surface area contributed by atoms with Gasteiger partial charge in [0.05, 0.1) is 6.26 Å². The van der Waals surface area contributed by atoms with E-state index in [1.807, 2.05) is 14.1 Å². The fourth-order valence-electron chi connectivity index (χ4n) is 7.70. The first-order valence-corrected chi connectivity index (χ1v) is 27.2. The van der Waals surface area contributed by atoms with E-state index in [-0.39, 0.29) is 12.1 Å². The highest BCUT2D eigenvalue weighted by atomic mass is 32.2. The van der Waals surface area contributed by atoms with E-state index in [9.17, 15) is 13.2 Å². The van der Waals surface area contributed by atoms with Crippen molar-refractivity contribution in [2.24, 2.45) is 4.99 Å². The Labute approximate surface area is 367 Å². The Morgan fingerprint density at radius 3 is 1.37 bits per heavy atom. The second kappa shape index (κ2) is 43.3. The van der Waals surface area contributed by atoms with Gasteiger partial charge in [-0.2, -0.15) is 0 Å². The summed E-state index contributed by atoms with van der Waals surface area (Å²) >= 11 is 0. The van der Waals surface area contributed by atoms with E-state index in [1.165, 1.54) is 167 Å². The molecule has 59 heavy (non-hydrogen) atoms. The van der Waals surface area contributed by atoms with E-state index in [1.54, 1.807) is 4.90 Å². The molecule has 0 amide bonds. The molecule has 0 spiro atoms. The lowest BCUT2D eigenvalue weighted by Crippen LogP contribution is -2.39. The molecule has 1 N–H and O–H groups in total. The van der Waals surface area contributed by atoms with Gasteiger partial charge in [0.2, 0.25) is 16.0 Å². The van der Waals surface area contributed by atoms with E-state index in [0.717, 1.165) is 84.0 Å². The van der Waals surface area contributed by atoms with Gasteiger partial charge >= 0.3 is 5.97 Å². The number of sulfonamides is 1. The van der Waals surface area contributed by atoms with Crippen LogP contribution in [0.5, 0.6) is 0 Å². The first kappa shape index (κ1) is 57.6. The van der Waals surface area contributed by atoms with Crippen molar-refractivity contribution >= 4 is 22.0 Å². The number of esters is 1. The minimum absolute atomic E-state index is 0.0112. The molecule has 9 nitrogen and oxygen atoms in total. The molecule has 0 aliphatic carbocycles. The van der Waals surface area contributed by atoms with E-state index < -0.39 is 10.0 Å². The second-order valence-corrected chi connectivity index (χ2v) is 19.5. The van der Waals surface area contributed by atoms with Crippen LogP contribution in [-0.2, 0) is 24.3 Å². The Hall–Kier alpha value is -1.39. The Kier molecular flexibility index (Phi) is 42.2. The number of rotatable bonds is 45. The van der Waals surface area contributed by atoms with E-state index in [0.29, 0.717) is 18.9 Å². The number of aliphatic imine (C=N–C) groups is 1. The normalized spacial score (nSPS) is 12.2. The molecule has 0 saturated carbocycles. The number of hydrogen-bond donors (Lipinski definition) is 1. The van der Waals surface area contributed by atoms with Crippen molar-refractivity contribution in [3.63, 3.8) is 0 Å². The maximum Gasteiger partial charge on any atom is 0.306 e. The summed E-state index contributed by atoms with van der Waals surface area (Å²) in [6, 6.07) is 0. The van der Waals surface area contributed by atoms with Crippen molar-refractivity contribution in [1.82, 2.24) is 14.5 Å². The molecule has 0 radical (unpaired) electrons. The molecule has 0 heterocycles. The highest BCUT2D eigenvalue weighted by Crippen LogP contribution is 2.19. The van der Waals surface area contributed by atoms with Crippen LogP contribution in [-0.4, -0.2) is 96.0 Å². The second-order valence-electron chi connectivity index (χ2n) is 17.8. The molecule has 0 fully saturated rings. The Morgan fingerprint density at radius 2 is 0.932 bits per heavy atom. The van der Waals surface area contributed by atoms with Crippen molar-refractivity contribution in [3.05, 3.63) is 0 Å². The summed E-state index contributed by atoms with van der Waals surface area (Å²) in [5.41, 5.74) is 0. The molecule has 0 bridgehead atoms. The fraction of sp³-hybridized carbons (Fsp3) is 0.959. The SMILES string of the molecule is CCCCCCCCCOCCCCCCCCN(CCCCCCCC(=O)OC(CCCCCCCC)CCCCCCCC)CCCN=C(NS(C)(=O)=O)N(C)C. The zero-order valence-corrected chi connectivity index (χ0v) is 41.0. The van der Waals surface area contributed by atoms with Crippen LogP contribution < -0.4 is 4.72 Å². The summed E-state index contributed by atoms with van der Waals surface area (Å²) in [5.74, 6) is 0.398. The average Bonchev–Trinajstić information content (AvgIpc) is 3.20. The lowest BCUT2D eigenvalue weighted by Gasteiger charge is -2.22. The smallest absolute Gasteiger partial charge is 0.306 e. The van der Waals surface area contributed by atoms with E-state index >= 15 is 0 Å². The molecule has 0 atom stereocenters. The molecular formula is C49H100N4O5S. The van der Waals surface area contributed by atoms with E-state index in [4.69, 9.17) is 9.47 Å². The number of carbonyl (C=O) groups is 1. The molecule has 0 aromatic heterocycles. The largest absolute Gasteiger partial charge is 0.462 e. The molecule has 0 aliphatic heterocycles. The minimum atomic E-state index is -3.37. The summed E-state index contributed by atoms with van der Waals surface area (Å²) in [6.07, 6.45) is 42.3. The highest BCUT2D eigenvalue weighted by Gasteiger charge is 2.15. The maximum absolute atomic E-state index is 12.9. The van der Waals surface area contributed by atoms with Gasteiger partial charge in [0, 0.05) is 40.3 Å². The zero-order valence-electron chi connectivity index (χ0n) is 40.2. The zero-order chi connectivity index (χ0) is 43.5.